The molecule has 1 atom stereocenters. The highest BCUT2D eigenvalue weighted by atomic mass is 16.4. The van der Waals surface area contributed by atoms with Crippen molar-refractivity contribution >= 4 is 5.97 Å². The van der Waals surface area contributed by atoms with Gasteiger partial charge in [-0.05, 0) is 24.6 Å². The fourth-order valence-electron chi connectivity index (χ4n) is 1.92. The molecule has 1 aromatic carbocycles. The van der Waals surface area contributed by atoms with Crippen LogP contribution in [0, 0.1) is 0 Å². The molecule has 100 valence electrons. The summed E-state index contributed by atoms with van der Waals surface area (Å²) in [6, 6.07) is 9.13. The summed E-state index contributed by atoms with van der Waals surface area (Å²) in [4.78, 5) is 11.1. The Labute approximate surface area is 111 Å². The lowest BCUT2D eigenvalue weighted by molar-refractivity contribution is 0.0695. The molecule has 0 bridgehead atoms. The first kappa shape index (κ1) is 13.3. The van der Waals surface area contributed by atoms with E-state index >= 15 is 0 Å². The fourth-order valence-corrected chi connectivity index (χ4v) is 1.92. The van der Waals surface area contributed by atoms with Gasteiger partial charge in [-0.25, -0.2) is 4.79 Å². The smallest absolute Gasteiger partial charge is 0.336 e. The lowest BCUT2D eigenvalue weighted by Gasteiger charge is -2.15. The summed E-state index contributed by atoms with van der Waals surface area (Å²) in [5.74, 6) is -0.892. The lowest BCUT2D eigenvalue weighted by Crippen LogP contribution is -2.30. The molecule has 0 saturated carbocycles. The Hall–Kier alpha value is -2.14. The van der Waals surface area contributed by atoms with Crippen LogP contribution in [-0.4, -0.2) is 26.9 Å². The maximum atomic E-state index is 11.1. The molecule has 0 saturated heterocycles. The highest BCUT2D eigenvalue weighted by molar-refractivity contribution is 5.89. The molecule has 1 aromatic heterocycles. The Morgan fingerprint density at radius 1 is 1.42 bits per heavy atom. The topological polar surface area (TPSA) is 67.2 Å². The van der Waals surface area contributed by atoms with Crippen LogP contribution in [0.4, 0.5) is 0 Å². The molecule has 1 heterocycles. The third-order valence-electron chi connectivity index (χ3n) is 2.91. The molecule has 0 amide bonds. The van der Waals surface area contributed by atoms with E-state index in [4.69, 9.17) is 5.11 Å². The maximum absolute atomic E-state index is 11.1. The second kappa shape index (κ2) is 6.15. The zero-order valence-corrected chi connectivity index (χ0v) is 10.8. The molecule has 19 heavy (non-hydrogen) atoms. The maximum Gasteiger partial charge on any atom is 0.336 e. The third-order valence-corrected chi connectivity index (χ3v) is 2.91. The zero-order chi connectivity index (χ0) is 13.7. The number of carboxylic acid groups (broad SMARTS) is 1. The molecular weight excluding hydrogens is 242 g/mol. The van der Waals surface area contributed by atoms with Gasteiger partial charge in [0.05, 0.1) is 12.1 Å². The highest BCUT2D eigenvalue weighted by Gasteiger charge is 2.10. The van der Waals surface area contributed by atoms with E-state index in [0.29, 0.717) is 12.1 Å². The van der Waals surface area contributed by atoms with Crippen molar-refractivity contribution in [2.75, 3.05) is 0 Å². The van der Waals surface area contributed by atoms with Crippen molar-refractivity contribution in [3.63, 3.8) is 0 Å². The largest absolute Gasteiger partial charge is 0.478 e. The van der Waals surface area contributed by atoms with Crippen molar-refractivity contribution in [1.82, 2.24) is 15.1 Å². The molecule has 5 nitrogen and oxygen atoms in total. The summed E-state index contributed by atoms with van der Waals surface area (Å²) in [5.41, 5.74) is 1.14. The minimum absolute atomic E-state index is 0.210. The van der Waals surface area contributed by atoms with Gasteiger partial charge in [0.25, 0.3) is 0 Å². The summed E-state index contributed by atoms with van der Waals surface area (Å²) < 4.78 is 1.85. The van der Waals surface area contributed by atoms with Crippen molar-refractivity contribution in [2.45, 2.75) is 26.1 Å². The second-order valence-corrected chi connectivity index (χ2v) is 4.47. The Bertz CT molecular complexity index is 537. The lowest BCUT2D eigenvalue weighted by atomic mass is 10.1. The SMILES string of the molecule is CC(Cn1cccn1)NCc1ccccc1C(=O)O. The van der Waals surface area contributed by atoms with Crippen molar-refractivity contribution < 1.29 is 9.90 Å². The van der Waals surface area contributed by atoms with Crippen LogP contribution >= 0.6 is 0 Å². The number of nitrogens with zero attached hydrogens (tertiary/aromatic N) is 2. The van der Waals surface area contributed by atoms with Gasteiger partial charge in [0, 0.05) is 25.0 Å². The zero-order valence-electron chi connectivity index (χ0n) is 10.8. The van der Waals surface area contributed by atoms with Gasteiger partial charge in [-0.1, -0.05) is 18.2 Å². The molecule has 2 rings (SSSR count). The van der Waals surface area contributed by atoms with Crippen molar-refractivity contribution in [1.29, 1.82) is 0 Å². The molecule has 5 heteroatoms. The van der Waals surface area contributed by atoms with Crippen LogP contribution in [0.3, 0.4) is 0 Å². The van der Waals surface area contributed by atoms with Crippen LogP contribution in [-0.2, 0) is 13.1 Å². The average molecular weight is 259 g/mol. The van der Waals surface area contributed by atoms with Crippen molar-refractivity contribution in [2.24, 2.45) is 0 Å². The fraction of sp³-hybridized carbons (Fsp3) is 0.286. The summed E-state index contributed by atoms with van der Waals surface area (Å²) >= 11 is 0. The van der Waals surface area contributed by atoms with E-state index in [1.54, 1.807) is 18.3 Å². The molecule has 1 unspecified atom stereocenters. The first-order chi connectivity index (χ1) is 9.16. The van der Waals surface area contributed by atoms with Crippen LogP contribution in [0.1, 0.15) is 22.8 Å². The normalized spacial score (nSPS) is 12.3. The quantitative estimate of drug-likeness (QED) is 0.829. The number of rotatable bonds is 6. The molecular formula is C14H17N3O2. The summed E-state index contributed by atoms with van der Waals surface area (Å²) in [5, 5.41) is 16.5. The predicted octanol–water partition coefficient (Wildman–Crippen LogP) is 1.76. The van der Waals surface area contributed by atoms with Gasteiger partial charge >= 0.3 is 5.97 Å². The van der Waals surface area contributed by atoms with Gasteiger partial charge in [-0.2, -0.15) is 5.10 Å². The van der Waals surface area contributed by atoms with E-state index in [9.17, 15) is 4.79 Å². The van der Waals surface area contributed by atoms with E-state index in [-0.39, 0.29) is 6.04 Å². The number of aromatic carboxylic acids is 1. The Balaban J connectivity index is 1.93. The Morgan fingerprint density at radius 3 is 2.89 bits per heavy atom. The van der Waals surface area contributed by atoms with Crippen LogP contribution < -0.4 is 5.32 Å². The molecule has 0 fully saturated rings. The number of nitrogens with one attached hydrogen (secondary N) is 1. The molecule has 0 aliphatic rings. The molecule has 0 aliphatic heterocycles. The van der Waals surface area contributed by atoms with E-state index < -0.39 is 5.97 Å². The van der Waals surface area contributed by atoms with Crippen LogP contribution in [0.2, 0.25) is 0 Å². The van der Waals surface area contributed by atoms with Crippen LogP contribution in [0.5, 0.6) is 0 Å². The molecule has 0 radical (unpaired) electrons. The monoisotopic (exact) mass is 259 g/mol. The summed E-state index contributed by atoms with van der Waals surface area (Å²) in [6.45, 7) is 3.33. The van der Waals surface area contributed by atoms with Crippen molar-refractivity contribution in [3.8, 4) is 0 Å². The highest BCUT2D eigenvalue weighted by Crippen LogP contribution is 2.08. The predicted molar refractivity (Wildman–Crippen MR) is 71.9 cm³/mol. The standard InChI is InChI=1S/C14H17N3O2/c1-11(10-17-8-4-7-16-17)15-9-12-5-2-3-6-13(12)14(18)19/h2-8,11,15H,9-10H2,1H3,(H,18,19). The molecule has 2 N–H and O–H groups in total. The molecule has 2 aromatic rings. The number of aromatic nitrogens is 2. The van der Waals surface area contributed by atoms with E-state index in [1.165, 1.54) is 0 Å². The van der Waals surface area contributed by atoms with Gasteiger partial charge in [0.15, 0.2) is 0 Å². The van der Waals surface area contributed by atoms with Gasteiger partial charge in [0.2, 0.25) is 0 Å². The Morgan fingerprint density at radius 2 is 2.21 bits per heavy atom. The van der Waals surface area contributed by atoms with Crippen LogP contribution in [0.25, 0.3) is 0 Å². The molecule has 0 aliphatic carbocycles. The van der Waals surface area contributed by atoms with Gasteiger partial charge in [-0.3, -0.25) is 4.68 Å². The van der Waals surface area contributed by atoms with Gasteiger partial charge in [0.1, 0.15) is 0 Å². The number of benzene rings is 1. The van der Waals surface area contributed by atoms with E-state index in [0.717, 1.165) is 12.1 Å². The van der Waals surface area contributed by atoms with Crippen LogP contribution in [0.15, 0.2) is 42.7 Å². The number of hydrogen-bond donors (Lipinski definition) is 2. The van der Waals surface area contributed by atoms with Gasteiger partial charge in [-0.15, -0.1) is 0 Å². The Kier molecular flexibility index (Phi) is 4.30. The summed E-state index contributed by atoms with van der Waals surface area (Å²) in [7, 11) is 0. The number of hydrogen-bond acceptors (Lipinski definition) is 3. The second-order valence-electron chi connectivity index (χ2n) is 4.47. The minimum Gasteiger partial charge on any atom is -0.478 e. The average Bonchev–Trinajstić information content (AvgIpc) is 2.89. The third kappa shape index (κ3) is 3.66. The van der Waals surface area contributed by atoms with E-state index in [1.807, 2.05) is 36.0 Å². The first-order valence-electron chi connectivity index (χ1n) is 6.19. The number of carboxylic acids is 1. The summed E-state index contributed by atoms with van der Waals surface area (Å²) in [6.07, 6.45) is 3.65. The number of carbonyl (C=O) groups is 1. The van der Waals surface area contributed by atoms with Gasteiger partial charge < -0.3 is 10.4 Å². The van der Waals surface area contributed by atoms with E-state index in [2.05, 4.69) is 10.4 Å². The first-order valence-corrected chi connectivity index (χ1v) is 6.19. The molecule has 0 spiro atoms. The van der Waals surface area contributed by atoms with Crippen molar-refractivity contribution in [3.05, 3.63) is 53.9 Å². The minimum atomic E-state index is -0.892.